The zero-order valence-corrected chi connectivity index (χ0v) is 17.5. The molecule has 0 aliphatic rings. The van der Waals surface area contributed by atoms with Crippen LogP contribution < -0.4 is 5.32 Å². The van der Waals surface area contributed by atoms with Crippen LogP contribution in [0, 0.1) is 0 Å². The molecular weight excluding hydrogens is 424 g/mol. The number of H-pyrrole nitrogens is 2. The van der Waals surface area contributed by atoms with E-state index in [0.717, 1.165) is 22.4 Å². The zero-order valence-electron chi connectivity index (χ0n) is 17.5. The highest BCUT2D eigenvalue weighted by atomic mass is 16.5. The summed E-state index contributed by atoms with van der Waals surface area (Å²) in [5.74, 6) is 1.43. The van der Waals surface area contributed by atoms with Crippen molar-refractivity contribution in [3.05, 3.63) is 60.4 Å². The van der Waals surface area contributed by atoms with E-state index in [9.17, 15) is 4.79 Å². The molecule has 33 heavy (non-hydrogen) atoms. The van der Waals surface area contributed by atoms with Gasteiger partial charge in [-0.1, -0.05) is 6.07 Å². The lowest BCUT2D eigenvalue weighted by Crippen LogP contribution is -2.14. The fourth-order valence-electron chi connectivity index (χ4n) is 3.34. The number of aromatic amines is 2. The predicted octanol–water partition coefficient (Wildman–Crippen LogP) is 2.75. The summed E-state index contributed by atoms with van der Waals surface area (Å²) in [6, 6.07) is 9.50. The van der Waals surface area contributed by atoms with Gasteiger partial charge in [0.2, 0.25) is 5.95 Å². The standard InChI is InChI=1S/C21H18N10O2/c1-2-33-21(32)27-20-25-16-9-13(8-15(18(16)26-20)19-22-6-3-7-23-19)12-4-5-14(24-11-12)10-17-28-30-31-29-17/h3-9,11H,2,10H2,1H3,(H2,25,26,27,32)(H,28,29,30,31). The number of amides is 1. The van der Waals surface area contributed by atoms with Gasteiger partial charge in [-0.15, -0.1) is 5.10 Å². The fourth-order valence-corrected chi connectivity index (χ4v) is 3.34. The van der Waals surface area contributed by atoms with Crippen LogP contribution in [0.3, 0.4) is 0 Å². The summed E-state index contributed by atoms with van der Waals surface area (Å²) < 4.78 is 4.94. The Labute approximate surface area is 186 Å². The minimum atomic E-state index is -0.587. The molecule has 4 aromatic heterocycles. The Hall–Kier alpha value is -4.74. The molecule has 0 aliphatic heterocycles. The van der Waals surface area contributed by atoms with Crippen molar-refractivity contribution in [3.8, 4) is 22.5 Å². The minimum absolute atomic E-state index is 0.259. The molecule has 0 aliphatic carbocycles. The van der Waals surface area contributed by atoms with Crippen LogP contribution in [0.2, 0.25) is 0 Å². The molecule has 0 atom stereocenters. The molecular formula is C21H18N10O2. The van der Waals surface area contributed by atoms with E-state index in [2.05, 4.69) is 50.9 Å². The van der Waals surface area contributed by atoms with Gasteiger partial charge in [-0.2, -0.15) is 0 Å². The highest BCUT2D eigenvalue weighted by Gasteiger charge is 2.16. The van der Waals surface area contributed by atoms with Crippen molar-refractivity contribution in [1.29, 1.82) is 0 Å². The van der Waals surface area contributed by atoms with E-state index in [1.165, 1.54) is 0 Å². The van der Waals surface area contributed by atoms with Crippen LogP contribution >= 0.6 is 0 Å². The van der Waals surface area contributed by atoms with Gasteiger partial charge in [0.15, 0.2) is 11.6 Å². The summed E-state index contributed by atoms with van der Waals surface area (Å²) in [6.07, 6.45) is 5.03. The van der Waals surface area contributed by atoms with Crippen molar-refractivity contribution in [1.82, 2.24) is 45.5 Å². The molecule has 0 saturated heterocycles. The molecule has 0 spiro atoms. The smallest absolute Gasteiger partial charge is 0.413 e. The average molecular weight is 442 g/mol. The first-order chi connectivity index (χ1) is 16.2. The third-order valence-corrected chi connectivity index (χ3v) is 4.79. The number of imidazole rings is 1. The number of carbonyl (C=O) groups excluding carboxylic acids is 1. The number of carbonyl (C=O) groups is 1. The van der Waals surface area contributed by atoms with Crippen LogP contribution in [-0.4, -0.2) is 58.2 Å². The number of pyridine rings is 1. The van der Waals surface area contributed by atoms with Gasteiger partial charge < -0.3 is 9.72 Å². The topological polar surface area (TPSA) is 160 Å². The van der Waals surface area contributed by atoms with Crippen LogP contribution in [0.15, 0.2) is 48.9 Å². The molecule has 5 aromatic rings. The monoisotopic (exact) mass is 442 g/mol. The van der Waals surface area contributed by atoms with Crippen molar-refractivity contribution in [2.45, 2.75) is 13.3 Å². The van der Waals surface area contributed by atoms with Crippen molar-refractivity contribution in [3.63, 3.8) is 0 Å². The third kappa shape index (κ3) is 4.35. The maximum atomic E-state index is 11.8. The zero-order chi connectivity index (χ0) is 22.6. The molecule has 12 nitrogen and oxygen atoms in total. The number of ether oxygens (including phenoxy) is 1. The first kappa shape index (κ1) is 20.2. The van der Waals surface area contributed by atoms with Gasteiger partial charge >= 0.3 is 6.09 Å². The van der Waals surface area contributed by atoms with Crippen molar-refractivity contribution < 1.29 is 9.53 Å². The Balaban J connectivity index is 1.54. The van der Waals surface area contributed by atoms with Crippen molar-refractivity contribution in [2.24, 2.45) is 0 Å². The molecule has 0 fully saturated rings. The maximum absolute atomic E-state index is 11.8. The van der Waals surface area contributed by atoms with E-state index >= 15 is 0 Å². The van der Waals surface area contributed by atoms with Gasteiger partial charge in [0.05, 0.1) is 24.1 Å². The highest BCUT2D eigenvalue weighted by molar-refractivity contribution is 5.96. The van der Waals surface area contributed by atoms with E-state index in [-0.39, 0.29) is 12.6 Å². The number of fused-ring (bicyclic) bond motifs is 1. The summed E-state index contributed by atoms with van der Waals surface area (Å²) in [6.45, 7) is 1.99. The third-order valence-electron chi connectivity index (χ3n) is 4.79. The fraction of sp³-hybridized carbons (Fsp3) is 0.143. The number of nitrogens with zero attached hydrogens (tertiary/aromatic N) is 7. The quantitative estimate of drug-likeness (QED) is 0.359. The van der Waals surface area contributed by atoms with Crippen molar-refractivity contribution >= 4 is 23.1 Å². The number of hydrogen-bond donors (Lipinski definition) is 3. The summed E-state index contributed by atoms with van der Waals surface area (Å²) in [7, 11) is 0. The summed E-state index contributed by atoms with van der Waals surface area (Å²) in [5.41, 5.74) is 4.66. The average Bonchev–Trinajstić information content (AvgIpc) is 3.49. The normalized spacial score (nSPS) is 10.9. The number of hydrogen-bond acceptors (Lipinski definition) is 9. The van der Waals surface area contributed by atoms with E-state index in [1.807, 2.05) is 24.3 Å². The lowest BCUT2D eigenvalue weighted by molar-refractivity contribution is 0.167. The number of nitrogens with one attached hydrogen (secondary N) is 3. The minimum Gasteiger partial charge on any atom is -0.450 e. The van der Waals surface area contributed by atoms with Crippen LogP contribution in [0.25, 0.3) is 33.5 Å². The van der Waals surface area contributed by atoms with E-state index < -0.39 is 6.09 Å². The summed E-state index contributed by atoms with van der Waals surface area (Å²) >= 11 is 0. The van der Waals surface area contributed by atoms with Gasteiger partial charge in [0, 0.05) is 35.4 Å². The number of anilines is 1. The number of aromatic nitrogens is 9. The molecule has 5 rings (SSSR count). The Morgan fingerprint density at radius 2 is 2.00 bits per heavy atom. The van der Waals surface area contributed by atoms with E-state index in [0.29, 0.717) is 29.1 Å². The van der Waals surface area contributed by atoms with Crippen LogP contribution in [-0.2, 0) is 11.2 Å². The molecule has 1 amide bonds. The molecule has 0 saturated carbocycles. The Morgan fingerprint density at radius 1 is 1.12 bits per heavy atom. The van der Waals surface area contributed by atoms with E-state index in [4.69, 9.17) is 4.74 Å². The summed E-state index contributed by atoms with van der Waals surface area (Å²) in [5, 5.41) is 16.4. The van der Waals surface area contributed by atoms with Gasteiger partial charge in [-0.3, -0.25) is 10.3 Å². The SMILES string of the molecule is CCOC(=O)Nc1nc2cc(-c3ccc(Cc4nnn[nH]4)nc3)cc(-c3ncccn3)c2[nH]1. The second kappa shape index (κ2) is 8.78. The molecule has 0 unspecified atom stereocenters. The molecule has 164 valence electrons. The predicted molar refractivity (Wildman–Crippen MR) is 118 cm³/mol. The highest BCUT2D eigenvalue weighted by Crippen LogP contribution is 2.32. The van der Waals surface area contributed by atoms with Crippen LogP contribution in [0.1, 0.15) is 18.4 Å². The molecule has 1 aromatic carbocycles. The van der Waals surface area contributed by atoms with Crippen LogP contribution in [0.5, 0.6) is 0 Å². The molecule has 3 N–H and O–H groups in total. The summed E-state index contributed by atoms with van der Waals surface area (Å²) in [4.78, 5) is 32.8. The second-order valence-corrected chi connectivity index (χ2v) is 6.98. The van der Waals surface area contributed by atoms with E-state index in [1.54, 1.807) is 31.6 Å². The molecule has 12 heteroatoms. The first-order valence-corrected chi connectivity index (χ1v) is 10.1. The number of benzene rings is 1. The van der Waals surface area contributed by atoms with Crippen molar-refractivity contribution in [2.75, 3.05) is 11.9 Å². The Morgan fingerprint density at radius 3 is 2.73 bits per heavy atom. The number of tetrazole rings is 1. The van der Waals surface area contributed by atoms with Gasteiger partial charge in [-0.25, -0.2) is 24.8 Å². The van der Waals surface area contributed by atoms with Crippen LogP contribution in [0.4, 0.5) is 10.7 Å². The largest absolute Gasteiger partial charge is 0.450 e. The Bertz CT molecular complexity index is 1380. The maximum Gasteiger partial charge on any atom is 0.413 e. The number of rotatable bonds is 6. The second-order valence-electron chi connectivity index (χ2n) is 6.98. The van der Waals surface area contributed by atoms with Gasteiger partial charge in [-0.05, 0) is 47.2 Å². The van der Waals surface area contributed by atoms with Gasteiger partial charge in [0.25, 0.3) is 0 Å². The lowest BCUT2D eigenvalue weighted by Gasteiger charge is -2.07. The molecule has 4 heterocycles. The van der Waals surface area contributed by atoms with Gasteiger partial charge in [0.1, 0.15) is 0 Å². The molecule has 0 radical (unpaired) electrons. The molecule has 0 bridgehead atoms. The lowest BCUT2D eigenvalue weighted by atomic mass is 10.0. The Kier molecular flexibility index (Phi) is 5.37. The first-order valence-electron chi connectivity index (χ1n) is 10.1.